The predicted octanol–water partition coefficient (Wildman–Crippen LogP) is 17.2. The topological polar surface area (TPSA) is 56.6 Å². The number of nitrogens with zero attached hydrogens (tertiary/aromatic N) is 5. The van der Waals surface area contributed by atoms with Crippen molar-refractivity contribution in [2.24, 2.45) is 0 Å². The number of para-hydroxylation sites is 10. The molecule has 0 saturated carbocycles. The van der Waals surface area contributed by atoms with E-state index >= 15 is 17.6 Å². The van der Waals surface area contributed by atoms with Gasteiger partial charge in [0.1, 0.15) is 80.6 Å². The van der Waals surface area contributed by atoms with Gasteiger partial charge in [0.2, 0.25) is 0 Å². The number of anilines is 6. The Kier molecular flexibility index (Phi) is 9.67. The van der Waals surface area contributed by atoms with Crippen molar-refractivity contribution in [3.05, 3.63) is 278 Å². The van der Waals surface area contributed by atoms with E-state index in [1.807, 2.05) is 91.0 Å². The zero-order valence-electron chi connectivity index (χ0n) is 55.4. The van der Waals surface area contributed by atoms with Gasteiger partial charge in [-0.3, -0.25) is 0 Å². The minimum Gasteiger partial charge on any atom is -0.458 e. The average molecular weight is 1370 g/mol. The molecule has 0 aliphatic carbocycles. The first-order valence-electron chi connectivity index (χ1n) is 35.8. The van der Waals surface area contributed by atoms with Gasteiger partial charge in [-0.1, -0.05) is 170 Å². The summed E-state index contributed by atoms with van der Waals surface area (Å²) in [5.74, 6) is 1.62. The molecule has 488 valence electrons. The van der Waals surface area contributed by atoms with Crippen LogP contribution < -0.4 is 77.9 Å². The number of halogens is 4. The van der Waals surface area contributed by atoms with Crippen LogP contribution in [0, 0.1) is 23.3 Å². The summed E-state index contributed by atoms with van der Waals surface area (Å²) in [6.45, 7) is -1.92. The molecule has 106 heavy (non-hydrogen) atoms. The van der Waals surface area contributed by atoms with Crippen LogP contribution in [0.2, 0.25) is 0 Å². The Balaban J connectivity index is 0.826. The van der Waals surface area contributed by atoms with E-state index in [1.54, 1.807) is 9.80 Å². The number of benzene rings is 15. The van der Waals surface area contributed by atoms with Gasteiger partial charge in [-0.2, -0.15) is 0 Å². The Labute approximate surface area is 597 Å². The lowest BCUT2D eigenvalue weighted by molar-refractivity contribution is 0.472. The van der Waals surface area contributed by atoms with E-state index in [0.29, 0.717) is 79.7 Å². The lowest BCUT2D eigenvalue weighted by atomic mass is 9.29. The Morgan fingerprint density at radius 3 is 0.887 bits per heavy atom. The van der Waals surface area contributed by atoms with Crippen molar-refractivity contribution in [1.82, 2.24) is 13.2 Å². The normalized spacial score (nSPS) is 14.2. The van der Waals surface area contributed by atoms with Gasteiger partial charge >= 0.3 is 0 Å². The SMILES string of the molecule is Fc1cccc(F)c1N1c2cc3c(cc2B2c4cc5c(cc4Oc4c2c1c1c2ccccc2n2c6ccccc6c4c12)N(c1c(F)cccc1F)c1c2c(c4c6ccccc6n6c7ccccc7c1c46)Oc1ccccc1B52)B1c2ccccc2Oc2c1c(c1c4ccccc4n4c5ccccc5c2c14)O3. The molecule has 15 aromatic carbocycles. The first-order chi connectivity index (χ1) is 52.3. The maximum Gasteiger partial charge on any atom is 0.260 e. The summed E-state index contributed by atoms with van der Waals surface area (Å²) in [5, 5.41) is 10.9. The van der Waals surface area contributed by atoms with Crippen molar-refractivity contribution in [1.29, 1.82) is 0 Å². The fraction of sp³-hybridized carbons (Fsp3) is 0. The van der Waals surface area contributed by atoms with E-state index in [1.165, 1.54) is 36.4 Å². The highest BCUT2D eigenvalue weighted by Crippen LogP contribution is 2.59. The van der Waals surface area contributed by atoms with Gasteiger partial charge in [0.15, 0.2) is 0 Å². The fourth-order valence-electron chi connectivity index (χ4n) is 20.7. The molecular weight excluding hydrogens is 1320 g/mol. The van der Waals surface area contributed by atoms with Crippen molar-refractivity contribution in [3.63, 3.8) is 0 Å². The highest BCUT2D eigenvalue weighted by molar-refractivity contribution is 7.04. The third-order valence-corrected chi connectivity index (χ3v) is 24.4. The van der Waals surface area contributed by atoms with Crippen LogP contribution in [0.4, 0.5) is 51.7 Å². The quantitative estimate of drug-likeness (QED) is 0.127. The van der Waals surface area contributed by atoms with E-state index < -0.39 is 43.4 Å². The molecule has 0 atom stereocenters. The molecule has 6 aromatic heterocycles. The average Bonchev–Trinajstić information content (AvgIpc) is 1.42. The highest BCUT2D eigenvalue weighted by atomic mass is 19.1. The molecule has 6 aliphatic rings. The number of hydrogen-bond donors (Lipinski definition) is 0. The predicted molar refractivity (Wildman–Crippen MR) is 420 cm³/mol. The van der Waals surface area contributed by atoms with Crippen molar-refractivity contribution in [3.8, 4) is 46.0 Å². The summed E-state index contributed by atoms with van der Waals surface area (Å²) in [6, 6.07) is 83.0. The summed E-state index contributed by atoms with van der Waals surface area (Å²) in [7, 11) is 0. The van der Waals surface area contributed by atoms with Crippen LogP contribution in [0.1, 0.15) is 0 Å². The minimum absolute atomic E-state index is 0.263. The van der Waals surface area contributed by atoms with Gasteiger partial charge in [-0.25, -0.2) is 17.6 Å². The number of ether oxygens (including phenoxy) is 4. The van der Waals surface area contributed by atoms with E-state index in [-0.39, 0.29) is 11.4 Å². The van der Waals surface area contributed by atoms with Gasteiger partial charge < -0.3 is 41.9 Å². The summed E-state index contributed by atoms with van der Waals surface area (Å²) in [4.78, 5) is 3.60. The Hall–Kier alpha value is -13.6. The second-order valence-electron chi connectivity index (χ2n) is 29.2. The van der Waals surface area contributed by atoms with Gasteiger partial charge in [0.05, 0.1) is 82.6 Å². The van der Waals surface area contributed by atoms with E-state index in [9.17, 15) is 0 Å². The van der Waals surface area contributed by atoms with Crippen LogP contribution in [0.15, 0.2) is 255 Å². The standard InChI is InChI=1S/C90H42B3F4N5O4/c94-55-27-17-28-56(95)80(55)101-65-41-70-54(39-51(65)91-49-25-7-15-37-67(49)103-87-73-45-21-3-11-33-61(45)98-59-31-9-1-19-43(59)71(82(73)98)85(101)77(87)91)93-52-40-53-69(106-90-76-48-24-6-14-36-64(48)100-63-35-13-5-23-47(63)75(84(76)100)89-79(90)92(53)50-26-8-16-38-68(50)104-89)42-66(52)102(81-57(96)29-18-30-58(81)97)86-72-44-20-2-10-32-60(44)99-62-34-12-4-22-46(62)74(83(72)99)88(105-70)78(86)93/h1-42H. The minimum atomic E-state index is -0.790. The monoisotopic (exact) mass is 1370 g/mol. The van der Waals surface area contributed by atoms with Crippen LogP contribution in [0.5, 0.6) is 46.0 Å². The molecule has 16 heteroatoms. The molecule has 0 N–H and O–H groups in total. The lowest BCUT2D eigenvalue weighted by Gasteiger charge is -2.44. The molecule has 9 nitrogen and oxygen atoms in total. The molecule has 21 aromatic rings. The van der Waals surface area contributed by atoms with Gasteiger partial charge in [-0.15, -0.1) is 0 Å². The molecule has 12 heterocycles. The first kappa shape index (κ1) is 55.1. The third kappa shape index (κ3) is 6.17. The van der Waals surface area contributed by atoms with E-state index in [0.717, 1.165) is 153 Å². The van der Waals surface area contributed by atoms with Crippen LogP contribution in [0.3, 0.4) is 0 Å². The molecule has 0 spiro atoms. The van der Waals surface area contributed by atoms with Crippen molar-refractivity contribution >= 4 is 218 Å². The van der Waals surface area contributed by atoms with Crippen LogP contribution in [-0.4, -0.2) is 33.3 Å². The molecule has 0 amide bonds. The smallest absolute Gasteiger partial charge is 0.260 e. The first-order valence-corrected chi connectivity index (χ1v) is 35.8. The van der Waals surface area contributed by atoms with Crippen LogP contribution in [-0.2, 0) is 0 Å². The Morgan fingerprint density at radius 2 is 0.519 bits per heavy atom. The maximum absolute atomic E-state index is 18.2. The summed E-state index contributed by atoms with van der Waals surface area (Å²) < 4.78 is 110. The van der Waals surface area contributed by atoms with Gasteiger partial charge in [0.25, 0.3) is 20.1 Å². The highest BCUT2D eigenvalue weighted by Gasteiger charge is 2.53. The van der Waals surface area contributed by atoms with Crippen molar-refractivity contribution < 1.29 is 36.5 Å². The number of hydrogen-bond acceptors (Lipinski definition) is 6. The van der Waals surface area contributed by atoms with Gasteiger partial charge in [-0.05, 0) is 116 Å². The fourth-order valence-corrected chi connectivity index (χ4v) is 20.7. The zero-order valence-corrected chi connectivity index (χ0v) is 55.4. The Bertz CT molecular complexity index is 7760. The number of fused-ring (bicyclic) bond motifs is 36. The largest absolute Gasteiger partial charge is 0.458 e. The lowest BCUT2D eigenvalue weighted by Crippen LogP contribution is -2.65. The summed E-state index contributed by atoms with van der Waals surface area (Å²) in [5.41, 5.74) is 17.0. The molecule has 0 unspecified atom stereocenters. The molecule has 0 fully saturated rings. The Morgan fingerprint density at radius 1 is 0.236 bits per heavy atom. The van der Waals surface area contributed by atoms with E-state index in [2.05, 4.69) is 141 Å². The van der Waals surface area contributed by atoms with E-state index in [4.69, 9.17) is 18.9 Å². The third-order valence-electron chi connectivity index (χ3n) is 24.4. The van der Waals surface area contributed by atoms with Crippen LogP contribution >= 0.6 is 0 Å². The van der Waals surface area contributed by atoms with Crippen molar-refractivity contribution in [2.75, 3.05) is 9.80 Å². The summed E-state index contributed by atoms with van der Waals surface area (Å²) >= 11 is 0. The zero-order chi connectivity index (χ0) is 68.9. The second kappa shape index (κ2) is 18.6. The molecule has 27 rings (SSSR count). The molecular formula is C90H42B3F4N5O4. The molecule has 0 bridgehead atoms. The number of rotatable bonds is 2. The molecule has 0 radical (unpaired) electrons. The van der Waals surface area contributed by atoms with Gasteiger partial charge in [0, 0.05) is 72.1 Å². The molecule has 0 saturated heterocycles. The number of aromatic nitrogens is 3. The molecule has 6 aliphatic heterocycles. The summed E-state index contributed by atoms with van der Waals surface area (Å²) in [6.07, 6.45) is 0. The van der Waals surface area contributed by atoms with Crippen LogP contribution in [0.25, 0.3) is 114 Å². The van der Waals surface area contributed by atoms with Crippen molar-refractivity contribution in [2.45, 2.75) is 0 Å². The second-order valence-corrected chi connectivity index (χ2v) is 29.2. The maximum atomic E-state index is 18.2.